The molecule has 0 saturated heterocycles. The van der Waals surface area contributed by atoms with Gasteiger partial charge in [0, 0.05) is 18.1 Å². The lowest BCUT2D eigenvalue weighted by atomic mass is 10.2. The Morgan fingerprint density at radius 2 is 1.87 bits per heavy atom. The molecule has 0 atom stereocenters. The zero-order valence-corrected chi connectivity index (χ0v) is 13.1. The minimum absolute atomic E-state index is 0.668. The number of hydrogen-bond acceptors (Lipinski definition) is 5. The molecule has 0 spiro atoms. The smallest absolute Gasteiger partial charge is 0.210 e. The molecule has 0 amide bonds. The third-order valence-corrected chi connectivity index (χ3v) is 4.43. The van der Waals surface area contributed by atoms with Crippen LogP contribution in [-0.2, 0) is 12.3 Å². The Morgan fingerprint density at radius 3 is 2.74 bits per heavy atom. The molecule has 0 aliphatic heterocycles. The summed E-state index contributed by atoms with van der Waals surface area (Å²) >= 11 is 1.59. The van der Waals surface area contributed by atoms with Crippen LogP contribution in [0.25, 0.3) is 5.65 Å². The topological polar surface area (TPSA) is 60.9 Å². The van der Waals surface area contributed by atoms with Crippen LogP contribution in [0.15, 0.2) is 66.1 Å². The number of rotatable bonds is 5. The number of benzene rings is 1. The van der Waals surface area contributed by atoms with Crippen LogP contribution in [-0.4, -0.2) is 29.6 Å². The Balaban J connectivity index is 1.48. The Bertz CT molecular complexity index is 881. The zero-order valence-electron chi connectivity index (χ0n) is 12.3. The second kappa shape index (κ2) is 6.21. The van der Waals surface area contributed by atoms with E-state index in [9.17, 15) is 0 Å². The highest BCUT2D eigenvalue weighted by molar-refractivity contribution is 7.98. The second-order valence-electron chi connectivity index (χ2n) is 5.09. The fourth-order valence-corrected chi connectivity index (χ4v) is 3.11. The Kier molecular flexibility index (Phi) is 3.77. The molecule has 7 heteroatoms. The van der Waals surface area contributed by atoms with E-state index in [1.807, 2.05) is 57.9 Å². The average Bonchev–Trinajstić information content (AvgIpc) is 3.20. The van der Waals surface area contributed by atoms with Crippen molar-refractivity contribution in [2.24, 2.45) is 0 Å². The first-order chi connectivity index (χ1) is 11.4. The molecule has 1 aromatic carbocycles. The maximum atomic E-state index is 4.59. The quantitative estimate of drug-likeness (QED) is 0.529. The number of imidazole rings is 1. The molecule has 6 nitrogen and oxygen atoms in total. The summed E-state index contributed by atoms with van der Waals surface area (Å²) in [6.45, 7) is 0.668. The third-order valence-electron chi connectivity index (χ3n) is 3.44. The molecular weight excluding hydrogens is 308 g/mol. The standard InChI is InChI=1S/C16H14N6S/c1-2-6-13(7-3-1)10-22-16(18-19-20-22)23-12-14-11-21-9-5-4-8-15(21)17-14/h1-9,11H,10,12H2. The lowest BCUT2D eigenvalue weighted by molar-refractivity contribution is 0.603. The van der Waals surface area contributed by atoms with Crippen LogP contribution in [0.5, 0.6) is 0 Å². The number of aromatic nitrogens is 6. The van der Waals surface area contributed by atoms with E-state index < -0.39 is 0 Å². The van der Waals surface area contributed by atoms with E-state index >= 15 is 0 Å². The summed E-state index contributed by atoms with van der Waals surface area (Å²) < 4.78 is 3.83. The van der Waals surface area contributed by atoms with Gasteiger partial charge >= 0.3 is 0 Å². The molecule has 0 bridgehead atoms. The van der Waals surface area contributed by atoms with Crippen molar-refractivity contribution in [1.29, 1.82) is 0 Å². The van der Waals surface area contributed by atoms with E-state index in [-0.39, 0.29) is 0 Å². The Hall–Kier alpha value is -2.67. The molecule has 0 aliphatic carbocycles. The lowest BCUT2D eigenvalue weighted by Crippen LogP contribution is -2.03. The molecule has 0 aliphatic rings. The minimum atomic E-state index is 0.668. The van der Waals surface area contributed by atoms with Gasteiger partial charge in [0.2, 0.25) is 5.16 Å². The van der Waals surface area contributed by atoms with Crippen LogP contribution < -0.4 is 0 Å². The van der Waals surface area contributed by atoms with Gasteiger partial charge in [-0.2, -0.15) is 0 Å². The van der Waals surface area contributed by atoms with Crippen molar-refractivity contribution in [1.82, 2.24) is 29.6 Å². The van der Waals surface area contributed by atoms with Crippen LogP contribution in [0, 0.1) is 0 Å². The summed E-state index contributed by atoms with van der Waals surface area (Å²) in [6.07, 6.45) is 4.03. The van der Waals surface area contributed by atoms with E-state index in [0.29, 0.717) is 6.54 Å². The molecule has 0 unspecified atom stereocenters. The molecule has 3 aromatic heterocycles. The van der Waals surface area contributed by atoms with Gasteiger partial charge in [0.1, 0.15) is 5.65 Å². The van der Waals surface area contributed by atoms with Crippen LogP contribution in [0.4, 0.5) is 0 Å². The van der Waals surface area contributed by atoms with Gasteiger partial charge in [0.05, 0.1) is 12.2 Å². The highest BCUT2D eigenvalue weighted by Gasteiger charge is 2.09. The zero-order chi connectivity index (χ0) is 15.5. The summed E-state index contributed by atoms with van der Waals surface area (Å²) in [4.78, 5) is 4.59. The van der Waals surface area contributed by atoms with Crippen LogP contribution in [0.2, 0.25) is 0 Å². The molecule has 114 valence electrons. The molecule has 4 aromatic rings. The number of pyridine rings is 1. The van der Waals surface area contributed by atoms with Gasteiger partial charge in [0.25, 0.3) is 0 Å². The molecule has 4 rings (SSSR count). The number of nitrogens with zero attached hydrogens (tertiary/aromatic N) is 6. The van der Waals surface area contributed by atoms with E-state index in [0.717, 1.165) is 22.3 Å². The van der Waals surface area contributed by atoms with Crippen molar-refractivity contribution in [2.75, 3.05) is 0 Å². The van der Waals surface area contributed by atoms with E-state index in [1.165, 1.54) is 5.56 Å². The van der Waals surface area contributed by atoms with Crippen molar-refractivity contribution >= 4 is 17.4 Å². The van der Waals surface area contributed by atoms with Gasteiger partial charge in [-0.15, -0.1) is 5.10 Å². The van der Waals surface area contributed by atoms with Crippen molar-refractivity contribution in [3.63, 3.8) is 0 Å². The molecular formula is C16H14N6S. The van der Waals surface area contributed by atoms with Crippen LogP contribution in [0.1, 0.15) is 11.3 Å². The normalized spacial score (nSPS) is 11.1. The molecule has 0 radical (unpaired) electrons. The lowest BCUT2D eigenvalue weighted by Gasteiger charge is -2.03. The maximum absolute atomic E-state index is 4.59. The number of hydrogen-bond donors (Lipinski definition) is 0. The van der Waals surface area contributed by atoms with E-state index in [1.54, 1.807) is 11.8 Å². The fourth-order valence-electron chi connectivity index (χ4n) is 2.35. The highest BCUT2D eigenvalue weighted by Crippen LogP contribution is 2.20. The SMILES string of the molecule is c1ccc(Cn2nnnc2SCc2cn3ccccc3n2)cc1. The summed E-state index contributed by atoms with van der Waals surface area (Å²) in [5, 5.41) is 12.8. The molecule has 0 fully saturated rings. The van der Waals surface area contributed by atoms with Gasteiger partial charge in [-0.25, -0.2) is 9.67 Å². The Morgan fingerprint density at radius 1 is 1.00 bits per heavy atom. The van der Waals surface area contributed by atoms with Gasteiger partial charge in [0.15, 0.2) is 0 Å². The number of fused-ring (bicyclic) bond motifs is 1. The summed E-state index contributed by atoms with van der Waals surface area (Å²) in [5.41, 5.74) is 3.14. The van der Waals surface area contributed by atoms with Crippen molar-refractivity contribution in [2.45, 2.75) is 17.5 Å². The highest BCUT2D eigenvalue weighted by atomic mass is 32.2. The third kappa shape index (κ3) is 3.09. The van der Waals surface area contributed by atoms with Gasteiger partial charge in [-0.3, -0.25) is 0 Å². The predicted octanol–water partition coefficient (Wildman–Crippen LogP) is 2.66. The minimum Gasteiger partial charge on any atom is -0.307 e. The first-order valence-corrected chi connectivity index (χ1v) is 8.22. The number of tetrazole rings is 1. The second-order valence-corrected chi connectivity index (χ2v) is 6.03. The first-order valence-electron chi connectivity index (χ1n) is 7.24. The average molecular weight is 322 g/mol. The summed E-state index contributed by atoms with van der Waals surface area (Å²) in [6, 6.07) is 16.1. The maximum Gasteiger partial charge on any atom is 0.210 e. The molecule has 23 heavy (non-hydrogen) atoms. The van der Waals surface area contributed by atoms with Crippen molar-refractivity contribution in [3.05, 3.63) is 72.2 Å². The molecule has 0 N–H and O–H groups in total. The van der Waals surface area contributed by atoms with Crippen molar-refractivity contribution in [3.8, 4) is 0 Å². The molecule has 0 saturated carbocycles. The van der Waals surface area contributed by atoms with Gasteiger partial charge in [-0.1, -0.05) is 48.2 Å². The molecule has 3 heterocycles. The van der Waals surface area contributed by atoms with Crippen LogP contribution >= 0.6 is 11.8 Å². The van der Waals surface area contributed by atoms with E-state index in [2.05, 4.69) is 32.6 Å². The fraction of sp³-hybridized carbons (Fsp3) is 0.125. The van der Waals surface area contributed by atoms with Crippen molar-refractivity contribution < 1.29 is 0 Å². The summed E-state index contributed by atoms with van der Waals surface area (Å²) in [7, 11) is 0. The van der Waals surface area contributed by atoms with E-state index in [4.69, 9.17) is 0 Å². The first kappa shape index (κ1) is 14.0. The monoisotopic (exact) mass is 322 g/mol. The largest absolute Gasteiger partial charge is 0.307 e. The van der Waals surface area contributed by atoms with Gasteiger partial charge in [-0.05, 0) is 28.1 Å². The predicted molar refractivity (Wildman–Crippen MR) is 88.1 cm³/mol. The van der Waals surface area contributed by atoms with Crippen LogP contribution in [0.3, 0.4) is 0 Å². The van der Waals surface area contributed by atoms with Gasteiger partial charge < -0.3 is 4.40 Å². The number of thioether (sulfide) groups is 1. The Labute approximate surface area is 137 Å². The summed E-state index contributed by atoms with van der Waals surface area (Å²) in [5.74, 6) is 0.733.